The van der Waals surface area contributed by atoms with Crippen molar-refractivity contribution in [3.8, 4) is 5.75 Å². The van der Waals surface area contributed by atoms with Gasteiger partial charge in [0.15, 0.2) is 10.9 Å². The average Bonchev–Trinajstić information content (AvgIpc) is 2.61. The number of anilines is 1. The zero-order chi connectivity index (χ0) is 11.3. The second-order valence-electron chi connectivity index (χ2n) is 3.44. The number of halogens is 2. The molecule has 8 heteroatoms. The van der Waals surface area contributed by atoms with Crippen LogP contribution < -0.4 is 9.64 Å². The van der Waals surface area contributed by atoms with Gasteiger partial charge in [0.25, 0.3) is 0 Å². The van der Waals surface area contributed by atoms with Crippen LogP contribution in [0.3, 0.4) is 0 Å². The minimum Gasteiger partial charge on any atom is -0.486 e. The number of likely N-dealkylation sites (N-methyl/N-ethyl adjacent to an activating group) is 1. The molecule has 0 saturated heterocycles. The summed E-state index contributed by atoms with van der Waals surface area (Å²) in [6.45, 7) is 1.38. The molecule has 0 N–H and O–H groups in total. The second kappa shape index (κ2) is 3.46. The standard InChI is InChI=1S/C8H7BrClN5O/c1-14-2-3-16-5-4(14)7-11-12-8(9)15(7)13-6(5)10/h2-3H2,1H3. The molecule has 0 radical (unpaired) electrons. The summed E-state index contributed by atoms with van der Waals surface area (Å²) in [5.74, 6) is 0.572. The third kappa shape index (κ3) is 1.28. The molecule has 0 amide bonds. The van der Waals surface area contributed by atoms with E-state index in [0.29, 0.717) is 27.9 Å². The lowest BCUT2D eigenvalue weighted by Crippen LogP contribution is -2.30. The van der Waals surface area contributed by atoms with Gasteiger partial charge in [-0.25, -0.2) is 0 Å². The lowest BCUT2D eigenvalue weighted by atomic mass is 10.3. The van der Waals surface area contributed by atoms with Crippen LogP contribution in [0.4, 0.5) is 5.69 Å². The summed E-state index contributed by atoms with van der Waals surface area (Å²) in [5.41, 5.74) is 1.46. The zero-order valence-corrected chi connectivity index (χ0v) is 10.7. The molecule has 0 unspecified atom stereocenters. The molecule has 0 fully saturated rings. The topological polar surface area (TPSA) is 55.5 Å². The summed E-state index contributed by atoms with van der Waals surface area (Å²) >= 11 is 9.31. The number of fused-ring (bicyclic) bond motifs is 3. The molecule has 0 spiro atoms. The van der Waals surface area contributed by atoms with Gasteiger partial charge >= 0.3 is 0 Å². The Hall–Kier alpha value is -1.08. The van der Waals surface area contributed by atoms with E-state index in [1.165, 1.54) is 0 Å². The van der Waals surface area contributed by atoms with Crippen molar-refractivity contribution >= 4 is 38.9 Å². The largest absolute Gasteiger partial charge is 0.486 e. The predicted molar refractivity (Wildman–Crippen MR) is 62.3 cm³/mol. The van der Waals surface area contributed by atoms with Crippen LogP contribution in [0.1, 0.15) is 0 Å². The van der Waals surface area contributed by atoms with Gasteiger partial charge in [0.05, 0.1) is 6.54 Å². The Labute approximate surface area is 104 Å². The summed E-state index contributed by atoms with van der Waals surface area (Å²) in [6.07, 6.45) is 0. The Bertz CT molecular complexity index is 571. The number of hydrogen-bond donors (Lipinski definition) is 0. The fraction of sp³-hybridized carbons (Fsp3) is 0.375. The van der Waals surface area contributed by atoms with Crippen molar-refractivity contribution < 1.29 is 4.74 Å². The van der Waals surface area contributed by atoms with E-state index in [1.54, 1.807) is 4.52 Å². The first kappa shape index (κ1) is 10.1. The Morgan fingerprint density at radius 1 is 1.44 bits per heavy atom. The molecule has 84 valence electrons. The smallest absolute Gasteiger partial charge is 0.221 e. The highest BCUT2D eigenvalue weighted by Gasteiger charge is 2.25. The van der Waals surface area contributed by atoms with Crippen molar-refractivity contribution in [2.45, 2.75) is 0 Å². The van der Waals surface area contributed by atoms with Crippen LogP contribution >= 0.6 is 27.5 Å². The number of hydrogen-bond acceptors (Lipinski definition) is 5. The maximum absolute atomic E-state index is 6.06. The van der Waals surface area contributed by atoms with Crippen LogP contribution in [-0.2, 0) is 0 Å². The summed E-state index contributed by atoms with van der Waals surface area (Å²) in [5, 5.41) is 12.4. The van der Waals surface area contributed by atoms with Crippen LogP contribution in [0, 0.1) is 0 Å². The van der Waals surface area contributed by atoms with Crippen molar-refractivity contribution in [3.05, 3.63) is 9.89 Å². The van der Waals surface area contributed by atoms with E-state index in [-0.39, 0.29) is 0 Å². The van der Waals surface area contributed by atoms with E-state index >= 15 is 0 Å². The van der Waals surface area contributed by atoms with E-state index in [4.69, 9.17) is 16.3 Å². The molecule has 0 aliphatic carbocycles. The fourth-order valence-electron chi connectivity index (χ4n) is 1.70. The molecule has 2 aromatic rings. The first-order valence-corrected chi connectivity index (χ1v) is 5.80. The molecule has 3 heterocycles. The molecule has 0 aromatic carbocycles. The third-order valence-corrected chi connectivity index (χ3v) is 3.20. The van der Waals surface area contributed by atoms with Crippen LogP contribution in [0.25, 0.3) is 5.65 Å². The van der Waals surface area contributed by atoms with E-state index in [1.807, 2.05) is 11.9 Å². The van der Waals surface area contributed by atoms with Crippen LogP contribution in [0.2, 0.25) is 5.15 Å². The highest BCUT2D eigenvalue weighted by Crippen LogP contribution is 2.38. The van der Waals surface area contributed by atoms with E-state index < -0.39 is 0 Å². The third-order valence-electron chi connectivity index (χ3n) is 2.46. The first-order chi connectivity index (χ1) is 7.68. The second-order valence-corrected chi connectivity index (χ2v) is 4.51. The minimum atomic E-state index is 0.314. The normalized spacial score (nSPS) is 15.1. The van der Waals surface area contributed by atoms with Gasteiger partial charge in [-0.3, -0.25) is 0 Å². The van der Waals surface area contributed by atoms with Crippen molar-refractivity contribution in [1.29, 1.82) is 0 Å². The molecule has 16 heavy (non-hydrogen) atoms. The summed E-state index contributed by atoms with van der Waals surface area (Å²) in [7, 11) is 1.96. The van der Waals surface area contributed by atoms with Crippen molar-refractivity contribution in [3.63, 3.8) is 0 Å². The molecule has 0 bridgehead atoms. The quantitative estimate of drug-likeness (QED) is 0.736. The van der Waals surface area contributed by atoms with Crippen LogP contribution in [0.15, 0.2) is 4.73 Å². The van der Waals surface area contributed by atoms with Gasteiger partial charge in [-0.05, 0) is 15.9 Å². The number of nitrogens with zero attached hydrogens (tertiary/aromatic N) is 5. The number of aromatic nitrogens is 4. The van der Waals surface area contributed by atoms with Crippen molar-refractivity contribution in [2.75, 3.05) is 25.1 Å². The predicted octanol–water partition coefficient (Wildman–Crippen LogP) is 1.37. The van der Waals surface area contributed by atoms with Gasteiger partial charge in [-0.15, -0.1) is 15.3 Å². The molecule has 1 aliphatic heterocycles. The maximum atomic E-state index is 6.06. The summed E-state index contributed by atoms with van der Waals surface area (Å²) in [6, 6.07) is 0. The van der Waals surface area contributed by atoms with Crippen LogP contribution in [0.5, 0.6) is 5.75 Å². The molecule has 2 aromatic heterocycles. The molecule has 3 rings (SSSR count). The lowest BCUT2D eigenvalue weighted by molar-refractivity contribution is 0.309. The van der Waals surface area contributed by atoms with Gasteiger partial charge in [-0.1, -0.05) is 11.6 Å². The van der Waals surface area contributed by atoms with E-state index in [0.717, 1.165) is 12.2 Å². The van der Waals surface area contributed by atoms with Gasteiger partial charge in [-0.2, -0.15) is 4.52 Å². The number of rotatable bonds is 0. The Kier molecular flexibility index (Phi) is 2.18. The zero-order valence-electron chi connectivity index (χ0n) is 8.31. The lowest BCUT2D eigenvalue weighted by Gasteiger charge is -2.27. The maximum Gasteiger partial charge on any atom is 0.221 e. The van der Waals surface area contributed by atoms with Gasteiger partial charge < -0.3 is 9.64 Å². The fourth-order valence-corrected chi connectivity index (χ4v) is 2.24. The molecule has 0 atom stereocenters. The summed E-state index contributed by atoms with van der Waals surface area (Å²) < 4.78 is 7.58. The van der Waals surface area contributed by atoms with Crippen molar-refractivity contribution in [1.82, 2.24) is 19.8 Å². The monoisotopic (exact) mass is 303 g/mol. The van der Waals surface area contributed by atoms with Crippen molar-refractivity contribution in [2.24, 2.45) is 0 Å². The molecule has 6 nitrogen and oxygen atoms in total. The highest BCUT2D eigenvalue weighted by molar-refractivity contribution is 9.10. The Balaban J connectivity index is 2.41. The highest BCUT2D eigenvalue weighted by atomic mass is 79.9. The Morgan fingerprint density at radius 3 is 3.06 bits per heavy atom. The van der Waals surface area contributed by atoms with Gasteiger partial charge in [0.1, 0.15) is 12.3 Å². The minimum absolute atomic E-state index is 0.314. The first-order valence-electron chi connectivity index (χ1n) is 4.63. The van der Waals surface area contributed by atoms with E-state index in [9.17, 15) is 0 Å². The summed E-state index contributed by atoms with van der Waals surface area (Å²) in [4.78, 5) is 2.03. The van der Waals surface area contributed by atoms with Crippen LogP contribution in [-0.4, -0.2) is 40.0 Å². The van der Waals surface area contributed by atoms with Gasteiger partial charge in [0, 0.05) is 7.05 Å². The number of ether oxygens (including phenoxy) is 1. The molecule has 0 saturated carbocycles. The average molecular weight is 305 g/mol. The molecular weight excluding hydrogens is 297 g/mol. The molecular formula is C8H7BrClN5O. The Morgan fingerprint density at radius 2 is 2.25 bits per heavy atom. The SMILES string of the molecule is CN1CCOc2c(Cl)nn3c(Br)nnc3c21. The molecule has 1 aliphatic rings. The van der Waals surface area contributed by atoms with Gasteiger partial charge in [0.2, 0.25) is 10.4 Å². The van der Waals surface area contributed by atoms with E-state index in [2.05, 4.69) is 31.2 Å².